The first kappa shape index (κ1) is 29.0. The summed E-state index contributed by atoms with van der Waals surface area (Å²) in [5.41, 5.74) is 9.77. The highest BCUT2D eigenvalue weighted by atomic mass is 32.1. The van der Waals surface area contributed by atoms with Gasteiger partial charge >= 0.3 is 0 Å². The SMILES string of the molecule is c1ccc(-c2ccc(-c3nc(-c4cccc(-c5ccccc5)c4)nc(-c4cccc(-c5cccc6c5sc5ccccc56)c4)n3)cc2)cc1. The van der Waals surface area contributed by atoms with Gasteiger partial charge in [0.25, 0.3) is 0 Å². The van der Waals surface area contributed by atoms with Crippen LogP contribution in [0, 0.1) is 0 Å². The van der Waals surface area contributed by atoms with Gasteiger partial charge in [-0.15, -0.1) is 11.3 Å². The Morgan fingerprint density at radius 3 is 1.45 bits per heavy atom. The van der Waals surface area contributed by atoms with E-state index >= 15 is 0 Å². The van der Waals surface area contributed by atoms with Gasteiger partial charge in [-0.3, -0.25) is 0 Å². The molecule has 4 heteroatoms. The number of thiophene rings is 1. The van der Waals surface area contributed by atoms with E-state index in [1.807, 2.05) is 23.5 Å². The molecule has 0 saturated carbocycles. The molecule has 0 radical (unpaired) electrons. The van der Waals surface area contributed by atoms with Crippen LogP contribution < -0.4 is 0 Å². The molecule has 0 amide bonds. The molecule has 230 valence electrons. The second-order valence-electron chi connectivity index (χ2n) is 12.1. The van der Waals surface area contributed by atoms with Crippen molar-refractivity contribution in [2.24, 2.45) is 0 Å². The molecule has 0 aliphatic carbocycles. The van der Waals surface area contributed by atoms with Crippen LogP contribution in [0.4, 0.5) is 0 Å². The van der Waals surface area contributed by atoms with Gasteiger partial charge in [-0.1, -0.05) is 158 Å². The van der Waals surface area contributed by atoms with Crippen LogP contribution >= 0.6 is 11.3 Å². The number of rotatable bonds is 6. The van der Waals surface area contributed by atoms with Crippen LogP contribution in [0.25, 0.3) is 87.7 Å². The van der Waals surface area contributed by atoms with Crippen LogP contribution in [0.3, 0.4) is 0 Å². The number of benzene rings is 7. The van der Waals surface area contributed by atoms with E-state index in [-0.39, 0.29) is 0 Å². The molecule has 9 aromatic rings. The maximum Gasteiger partial charge on any atom is 0.164 e. The van der Waals surface area contributed by atoms with E-state index in [0.29, 0.717) is 17.5 Å². The number of aromatic nitrogens is 3. The number of nitrogens with zero attached hydrogens (tertiary/aromatic N) is 3. The molecule has 0 saturated heterocycles. The highest BCUT2D eigenvalue weighted by Crippen LogP contribution is 2.40. The van der Waals surface area contributed by atoms with Crippen molar-refractivity contribution in [3.8, 4) is 67.5 Å². The molecule has 0 unspecified atom stereocenters. The van der Waals surface area contributed by atoms with Crippen molar-refractivity contribution in [3.05, 3.63) is 176 Å². The third-order valence-corrected chi connectivity index (χ3v) is 10.2. The molecular formula is C45H29N3S. The number of hydrogen-bond donors (Lipinski definition) is 0. The molecule has 0 atom stereocenters. The molecule has 0 spiro atoms. The fraction of sp³-hybridized carbons (Fsp3) is 0. The average molecular weight is 644 g/mol. The van der Waals surface area contributed by atoms with Crippen LogP contribution in [0.1, 0.15) is 0 Å². The highest BCUT2D eigenvalue weighted by Gasteiger charge is 2.15. The van der Waals surface area contributed by atoms with Crippen molar-refractivity contribution in [1.29, 1.82) is 0 Å². The fourth-order valence-electron chi connectivity index (χ4n) is 6.47. The molecule has 0 aliphatic heterocycles. The van der Waals surface area contributed by atoms with Crippen molar-refractivity contribution < 1.29 is 0 Å². The summed E-state index contributed by atoms with van der Waals surface area (Å²) in [6.07, 6.45) is 0. The van der Waals surface area contributed by atoms with Crippen molar-refractivity contribution in [2.45, 2.75) is 0 Å². The van der Waals surface area contributed by atoms with E-state index in [9.17, 15) is 0 Å². The lowest BCUT2D eigenvalue weighted by Gasteiger charge is -2.11. The minimum atomic E-state index is 0.640. The molecule has 0 N–H and O–H groups in total. The normalized spacial score (nSPS) is 11.3. The summed E-state index contributed by atoms with van der Waals surface area (Å²) in [4.78, 5) is 15.3. The molecular weight excluding hydrogens is 615 g/mol. The van der Waals surface area contributed by atoms with Crippen LogP contribution in [-0.2, 0) is 0 Å². The minimum absolute atomic E-state index is 0.640. The molecule has 9 rings (SSSR count). The van der Waals surface area contributed by atoms with Crippen LogP contribution in [0.15, 0.2) is 176 Å². The number of fused-ring (bicyclic) bond motifs is 3. The summed E-state index contributed by atoms with van der Waals surface area (Å²) in [6.45, 7) is 0. The van der Waals surface area contributed by atoms with Crippen LogP contribution in [0.2, 0.25) is 0 Å². The molecule has 49 heavy (non-hydrogen) atoms. The lowest BCUT2D eigenvalue weighted by Crippen LogP contribution is -2.00. The summed E-state index contributed by atoms with van der Waals surface area (Å²) in [6, 6.07) is 61.5. The van der Waals surface area contributed by atoms with Gasteiger partial charge in [-0.05, 0) is 51.6 Å². The largest absolute Gasteiger partial charge is 0.208 e. The molecule has 0 fully saturated rings. The Bertz CT molecular complexity index is 2590. The van der Waals surface area contributed by atoms with E-state index < -0.39 is 0 Å². The number of hydrogen-bond acceptors (Lipinski definition) is 4. The molecule has 0 aliphatic rings. The Balaban J connectivity index is 1.18. The van der Waals surface area contributed by atoms with Gasteiger partial charge in [0.15, 0.2) is 17.5 Å². The highest BCUT2D eigenvalue weighted by molar-refractivity contribution is 7.26. The summed E-state index contributed by atoms with van der Waals surface area (Å²) < 4.78 is 2.58. The van der Waals surface area contributed by atoms with Gasteiger partial charge in [0.2, 0.25) is 0 Å². The first-order valence-electron chi connectivity index (χ1n) is 16.4. The second-order valence-corrected chi connectivity index (χ2v) is 13.1. The van der Waals surface area contributed by atoms with Gasteiger partial charge in [-0.25, -0.2) is 15.0 Å². The Labute approximate surface area is 288 Å². The molecule has 2 heterocycles. The van der Waals surface area contributed by atoms with E-state index in [1.165, 1.54) is 31.3 Å². The quantitative estimate of drug-likeness (QED) is 0.181. The van der Waals surface area contributed by atoms with E-state index in [2.05, 4.69) is 164 Å². The first-order valence-corrected chi connectivity index (χ1v) is 17.2. The topological polar surface area (TPSA) is 38.7 Å². The molecule has 2 aromatic heterocycles. The Morgan fingerprint density at radius 1 is 0.306 bits per heavy atom. The fourth-order valence-corrected chi connectivity index (χ4v) is 7.71. The van der Waals surface area contributed by atoms with E-state index in [0.717, 1.165) is 38.9 Å². The maximum atomic E-state index is 5.11. The van der Waals surface area contributed by atoms with Crippen molar-refractivity contribution in [3.63, 3.8) is 0 Å². The van der Waals surface area contributed by atoms with Crippen molar-refractivity contribution >= 4 is 31.5 Å². The molecule has 3 nitrogen and oxygen atoms in total. The van der Waals surface area contributed by atoms with Crippen LogP contribution in [0.5, 0.6) is 0 Å². The zero-order valence-corrected chi connectivity index (χ0v) is 27.3. The van der Waals surface area contributed by atoms with E-state index in [4.69, 9.17) is 15.0 Å². The summed E-state index contributed by atoms with van der Waals surface area (Å²) in [5, 5.41) is 2.58. The Morgan fingerprint density at radius 2 is 0.755 bits per heavy atom. The predicted molar refractivity (Wildman–Crippen MR) is 205 cm³/mol. The third-order valence-electron chi connectivity index (χ3n) is 8.95. The second kappa shape index (κ2) is 12.4. The van der Waals surface area contributed by atoms with Gasteiger partial charge in [0, 0.05) is 36.9 Å². The van der Waals surface area contributed by atoms with Crippen molar-refractivity contribution in [2.75, 3.05) is 0 Å². The third kappa shape index (κ3) is 5.58. The molecule has 0 bridgehead atoms. The summed E-state index contributed by atoms with van der Waals surface area (Å²) in [7, 11) is 0. The van der Waals surface area contributed by atoms with Gasteiger partial charge in [0.1, 0.15) is 0 Å². The minimum Gasteiger partial charge on any atom is -0.208 e. The van der Waals surface area contributed by atoms with E-state index in [1.54, 1.807) is 0 Å². The Kier molecular flexibility index (Phi) is 7.34. The van der Waals surface area contributed by atoms with Gasteiger partial charge in [-0.2, -0.15) is 0 Å². The zero-order chi connectivity index (χ0) is 32.6. The smallest absolute Gasteiger partial charge is 0.164 e. The Hall–Kier alpha value is -6.23. The van der Waals surface area contributed by atoms with Crippen molar-refractivity contribution in [1.82, 2.24) is 15.0 Å². The first-order chi connectivity index (χ1) is 24.3. The molecule has 7 aromatic carbocycles. The lowest BCUT2D eigenvalue weighted by molar-refractivity contribution is 1.07. The average Bonchev–Trinajstić information content (AvgIpc) is 3.58. The van der Waals surface area contributed by atoms with Gasteiger partial charge in [0.05, 0.1) is 0 Å². The monoisotopic (exact) mass is 643 g/mol. The predicted octanol–water partition coefficient (Wildman–Crippen LogP) is 12.2. The van der Waals surface area contributed by atoms with Crippen LogP contribution in [-0.4, -0.2) is 15.0 Å². The standard InChI is InChI=1S/C45H29N3S/c1-3-12-30(13-4-1)32-24-26-33(27-25-32)43-46-44(36-18-9-16-34(28-36)31-14-5-2-6-15-31)48-45(47-43)37-19-10-17-35(29-37)38-21-11-22-40-39-20-7-8-23-41(39)49-42(38)40/h1-29H. The zero-order valence-electron chi connectivity index (χ0n) is 26.5. The van der Waals surface area contributed by atoms with Gasteiger partial charge < -0.3 is 0 Å². The summed E-state index contributed by atoms with van der Waals surface area (Å²) in [5.74, 6) is 1.92. The maximum absolute atomic E-state index is 5.11. The lowest BCUT2D eigenvalue weighted by atomic mass is 10.0. The summed E-state index contributed by atoms with van der Waals surface area (Å²) >= 11 is 1.84.